The van der Waals surface area contributed by atoms with Crippen LogP contribution in [0, 0.1) is 6.92 Å². The van der Waals surface area contributed by atoms with Crippen molar-refractivity contribution in [3.8, 4) is 5.75 Å². The monoisotopic (exact) mass is 340 g/mol. The standard InChI is InChI=1S/C20H24N2O3/c1-15-6-4-5-7-18(15)13-22(16(2)23)14-20(24)21-12-17-8-10-19(25-3)11-9-17/h4-11H,12-14H2,1-3H3,(H,21,24). The van der Waals surface area contributed by atoms with Crippen LogP contribution in [0.25, 0.3) is 0 Å². The van der Waals surface area contributed by atoms with Crippen molar-refractivity contribution in [2.45, 2.75) is 26.9 Å². The molecule has 0 radical (unpaired) electrons. The zero-order valence-corrected chi connectivity index (χ0v) is 14.9. The minimum Gasteiger partial charge on any atom is -0.497 e. The average molecular weight is 340 g/mol. The Morgan fingerprint density at radius 2 is 1.76 bits per heavy atom. The molecule has 5 heteroatoms. The normalized spacial score (nSPS) is 10.2. The van der Waals surface area contributed by atoms with E-state index in [2.05, 4.69) is 5.32 Å². The summed E-state index contributed by atoms with van der Waals surface area (Å²) in [4.78, 5) is 25.6. The number of nitrogens with one attached hydrogen (secondary N) is 1. The summed E-state index contributed by atoms with van der Waals surface area (Å²) in [5.74, 6) is 0.471. The van der Waals surface area contributed by atoms with Gasteiger partial charge in [0.2, 0.25) is 11.8 Å². The van der Waals surface area contributed by atoms with Gasteiger partial charge in [0, 0.05) is 20.0 Å². The van der Waals surface area contributed by atoms with Crippen molar-refractivity contribution in [3.63, 3.8) is 0 Å². The molecule has 0 fully saturated rings. The summed E-state index contributed by atoms with van der Waals surface area (Å²) in [5.41, 5.74) is 3.12. The Kier molecular flexibility index (Phi) is 6.57. The molecule has 0 atom stereocenters. The van der Waals surface area contributed by atoms with E-state index < -0.39 is 0 Å². The molecule has 0 heterocycles. The molecular formula is C20H24N2O3. The lowest BCUT2D eigenvalue weighted by atomic mass is 10.1. The maximum Gasteiger partial charge on any atom is 0.239 e. The van der Waals surface area contributed by atoms with Crippen LogP contribution in [-0.4, -0.2) is 30.4 Å². The largest absolute Gasteiger partial charge is 0.497 e. The Bertz CT molecular complexity index is 726. The van der Waals surface area contributed by atoms with Crippen molar-refractivity contribution in [1.29, 1.82) is 0 Å². The van der Waals surface area contributed by atoms with Gasteiger partial charge in [-0.05, 0) is 35.7 Å². The van der Waals surface area contributed by atoms with E-state index in [1.807, 2.05) is 55.5 Å². The molecule has 1 N–H and O–H groups in total. The molecule has 5 nitrogen and oxygen atoms in total. The Labute approximate surface area is 148 Å². The number of benzene rings is 2. The van der Waals surface area contributed by atoms with Crippen LogP contribution in [0.4, 0.5) is 0 Å². The molecule has 2 rings (SSSR count). The second-order valence-corrected chi connectivity index (χ2v) is 5.93. The van der Waals surface area contributed by atoms with Crippen LogP contribution in [0.2, 0.25) is 0 Å². The summed E-state index contributed by atoms with van der Waals surface area (Å²) >= 11 is 0. The SMILES string of the molecule is COc1ccc(CNC(=O)CN(Cc2ccccc2C)C(C)=O)cc1. The third-order valence-corrected chi connectivity index (χ3v) is 4.05. The van der Waals surface area contributed by atoms with Gasteiger partial charge in [-0.1, -0.05) is 36.4 Å². The van der Waals surface area contributed by atoms with Crippen molar-refractivity contribution in [2.75, 3.05) is 13.7 Å². The summed E-state index contributed by atoms with van der Waals surface area (Å²) in [6.45, 7) is 4.36. The predicted octanol–water partition coefficient (Wildman–Crippen LogP) is 2.67. The molecule has 0 spiro atoms. The van der Waals surface area contributed by atoms with Crippen LogP contribution in [0.3, 0.4) is 0 Å². The van der Waals surface area contributed by atoms with Crippen LogP contribution in [-0.2, 0) is 22.7 Å². The third-order valence-electron chi connectivity index (χ3n) is 4.05. The van der Waals surface area contributed by atoms with Crippen LogP contribution in [0.1, 0.15) is 23.6 Å². The first-order valence-electron chi connectivity index (χ1n) is 8.19. The fraction of sp³-hybridized carbons (Fsp3) is 0.300. The Morgan fingerprint density at radius 3 is 2.36 bits per heavy atom. The number of hydrogen-bond acceptors (Lipinski definition) is 3. The van der Waals surface area contributed by atoms with Crippen LogP contribution in [0.15, 0.2) is 48.5 Å². The van der Waals surface area contributed by atoms with Gasteiger partial charge in [-0.15, -0.1) is 0 Å². The molecule has 2 amide bonds. The zero-order valence-electron chi connectivity index (χ0n) is 14.9. The molecule has 25 heavy (non-hydrogen) atoms. The second kappa shape index (κ2) is 8.87. The van der Waals surface area contributed by atoms with E-state index in [0.717, 1.165) is 22.4 Å². The van der Waals surface area contributed by atoms with Crippen molar-refractivity contribution in [3.05, 3.63) is 65.2 Å². The minimum atomic E-state index is -0.181. The predicted molar refractivity (Wildman–Crippen MR) is 97.1 cm³/mol. The molecule has 2 aromatic carbocycles. The lowest BCUT2D eigenvalue weighted by molar-refractivity contribution is -0.135. The summed E-state index contributed by atoms with van der Waals surface area (Å²) in [5, 5.41) is 2.85. The molecule has 0 bridgehead atoms. The van der Waals surface area contributed by atoms with Gasteiger partial charge in [-0.25, -0.2) is 0 Å². The Balaban J connectivity index is 1.91. The Morgan fingerprint density at radius 1 is 1.08 bits per heavy atom. The van der Waals surface area contributed by atoms with Crippen molar-refractivity contribution in [2.24, 2.45) is 0 Å². The second-order valence-electron chi connectivity index (χ2n) is 5.93. The van der Waals surface area contributed by atoms with Crippen molar-refractivity contribution in [1.82, 2.24) is 10.2 Å². The molecule has 0 aliphatic heterocycles. The molecule has 0 aliphatic carbocycles. The number of rotatable bonds is 7. The molecule has 0 saturated heterocycles. The molecular weight excluding hydrogens is 316 g/mol. The molecule has 132 valence electrons. The van der Waals surface area contributed by atoms with Gasteiger partial charge in [-0.2, -0.15) is 0 Å². The number of hydrogen-bond donors (Lipinski definition) is 1. The molecule has 0 saturated carbocycles. The maximum absolute atomic E-state index is 12.2. The minimum absolute atomic E-state index is 0.0415. The number of nitrogens with zero attached hydrogens (tertiary/aromatic N) is 1. The molecule has 0 unspecified atom stereocenters. The topological polar surface area (TPSA) is 58.6 Å². The van der Waals surface area contributed by atoms with Gasteiger partial charge in [0.15, 0.2) is 0 Å². The van der Waals surface area contributed by atoms with Gasteiger partial charge in [-0.3, -0.25) is 9.59 Å². The highest BCUT2D eigenvalue weighted by Gasteiger charge is 2.14. The van der Waals surface area contributed by atoms with E-state index in [1.54, 1.807) is 12.0 Å². The van der Waals surface area contributed by atoms with E-state index in [1.165, 1.54) is 6.92 Å². The number of amides is 2. The van der Waals surface area contributed by atoms with E-state index in [0.29, 0.717) is 13.1 Å². The van der Waals surface area contributed by atoms with Gasteiger partial charge in [0.1, 0.15) is 5.75 Å². The summed E-state index contributed by atoms with van der Waals surface area (Å²) in [6, 6.07) is 15.4. The molecule has 0 aromatic heterocycles. The highest BCUT2D eigenvalue weighted by Crippen LogP contribution is 2.12. The molecule has 0 aliphatic rings. The van der Waals surface area contributed by atoms with Gasteiger partial charge in [0.05, 0.1) is 13.7 Å². The summed E-state index contributed by atoms with van der Waals surface area (Å²) in [7, 11) is 1.61. The van der Waals surface area contributed by atoms with E-state index in [4.69, 9.17) is 4.74 Å². The lowest BCUT2D eigenvalue weighted by Gasteiger charge is -2.21. The highest BCUT2D eigenvalue weighted by atomic mass is 16.5. The van der Waals surface area contributed by atoms with E-state index >= 15 is 0 Å². The first-order valence-corrected chi connectivity index (χ1v) is 8.19. The zero-order chi connectivity index (χ0) is 18.2. The fourth-order valence-electron chi connectivity index (χ4n) is 2.44. The summed E-state index contributed by atoms with van der Waals surface area (Å²) < 4.78 is 5.11. The van der Waals surface area contributed by atoms with Crippen molar-refractivity contribution >= 4 is 11.8 Å². The number of methoxy groups -OCH3 is 1. The van der Waals surface area contributed by atoms with Gasteiger partial charge < -0.3 is 15.0 Å². The van der Waals surface area contributed by atoms with Gasteiger partial charge >= 0.3 is 0 Å². The number of carbonyl (C=O) groups is 2. The third kappa shape index (κ3) is 5.64. The lowest BCUT2D eigenvalue weighted by Crippen LogP contribution is -2.39. The van der Waals surface area contributed by atoms with Crippen molar-refractivity contribution < 1.29 is 14.3 Å². The average Bonchev–Trinajstić information content (AvgIpc) is 2.61. The quantitative estimate of drug-likeness (QED) is 0.843. The molecule has 2 aromatic rings. The Hall–Kier alpha value is -2.82. The first-order chi connectivity index (χ1) is 12.0. The van der Waals surface area contributed by atoms with E-state index in [9.17, 15) is 9.59 Å². The summed E-state index contributed by atoms with van der Waals surface area (Å²) in [6.07, 6.45) is 0. The van der Waals surface area contributed by atoms with Gasteiger partial charge in [0.25, 0.3) is 0 Å². The number of aryl methyl sites for hydroxylation is 1. The van der Waals surface area contributed by atoms with Crippen LogP contribution >= 0.6 is 0 Å². The maximum atomic E-state index is 12.2. The smallest absolute Gasteiger partial charge is 0.239 e. The fourth-order valence-corrected chi connectivity index (χ4v) is 2.44. The van der Waals surface area contributed by atoms with Crippen LogP contribution in [0.5, 0.6) is 5.75 Å². The highest BCUT2D eigenvalue weighted by molar-refractivity contribution is 5.83. The van der Waals surface area contributed by atoms with E-state index in [-0.39, 0.29) is 18.4 Å². The number of ether oxygens (including phenoxy) is 1. The first kappa shape index (κ1) is 18.5. The van der Waals surface area contributed by atoms with Crippen LogP contribution < -0.4 is 10.1 Å². The number of carbonyl (C=O) groups excluding carboxylic acids is 2.